The van der Waals surface area contributed by atoms with E-state index in [9.17, 15) is 0 Å². The number of tetrazole rings is 1. The van der Waals surface area contributed by atoms with Gasteiger partial charge in [0.2, 0.25) is 0 Å². The summed E-state index contributed by atoms with van der Waals surface area (Å²) in [6.45, 7) is 0.373. The number of pyridine rings is 1. The predicted molar refractivity (Wildman–Crippen MR) is 54.9 cm³/mol. The van der Waals surface area contributed by atoms with E-state index in [-0.39, 0.29) is 5.69 Å². The number of rotatable bonds is 3. The smallest absolute Gasteiger partial charge is 0.193 e. The topological polar surface area (TPSA) is 129 Å². The van der Waals surface area contributed by atoms with Crippen LogP contribution in [0.4, 0.5) is 11.5 Å². The van der Waals surface area contributed by atoms with Gasteiger partial charge in [0, 0.05) is 0 Å². The number of hydrogen-bond donors (Lipinski definition) is 3. The molecule has 0 aliphatic carbocycles. The molecule has 0 saturated carbocycles. The maximum atomic E-state index is 8.74. The van der Waals surface area contributed by atoms with Crippen LogP contribution in [-0.2, 0) is 6.54 Å². The monoisotopic (exact) mass is 216 g/mol. The average molecular weight is 216 g/mol. The number of aromatic amines is 1. The molecule has 0 aliphatic rings. The normalized spacial score (nSPS) is 9.69. The van der Waals surface area contributed by atoms with Crippen LogP contribution in [0, 0.1) is 11.3 Å². The van der Waals surface area contributed by atoms with Gasteiger partial charge in [-0.15, -0.1) is 10.2 Å². The summed E-state index contributed by atoms with van der Waals surface area (Å²) in [5.74, 6) is 1.05. The van der Waals surface area contributed by atoms with Gasteiger partial charge in [0.05, 0.1) is 12.2 Å². The third kappa shape index (κ3) is 2.03. The Morgan fingerprint density at radius 3 is 3.06 bits per heavy atom. The van der Waals surface area contributed by atoms with Crippen LogP contribution in [0.15, 0.2) is 12.1 Å². The van der Waals surface area contributed by atoms with Crippen LogP contribution < -0.4 is 11.1 Å². The molecule has 0 fully saturated rings. The highest BCUT2D eigenvalue weighted by molar-refractivity contribution is 5.54. The van der Waals surface area contributed by atoms with E-state index in [1.807, 2.05) is 6.07 Å². The lowest BCUT2D eigenvalue weighted by atomic mass is 10.3. The van der Waals surface area contributed by atoms with Gasteiger partial charge in [-0.3, -0.25) is 0 Å². The summed E-state index contributed by atoms with van der Waals surface area (Å²) in [6.07, 6.45) is 0. The van der Waals surface area contributed by atoms with Crippen LogP contribution in [0.2, 0.25) is 0 Å². The van der Waals surface area contributed by atoms with Gasteiger partial charge in [-0.2, -0.15) is 10.5 Å². The molecule has 2 aromatic heterocycles. The van der Waals surface area contributed by atoms with E-state index in [0.717, 1.165) is 0 Å². The summed E-state index contributed by atoms with van der Waals surface area (Å²) in [4.78, 5) is 4.01. The fourth-order valence-electron chi connectivity index (χ4n) is 1.08. The Morgan fingerprint density at radius 2 is 2.38 bits per heavy atom. The molecule has 8 heteroatoms. The van der Waals surface area contributed by atoms with Gasteiger partial charge in [0.1, 0.15) is 11.9 Å². The van der Waals surface area contributed by atoms with Gasteiger partial charge in [-0.25, -0.2) is 4.98 Å². The Balaban J connectivity index is 2.08. The first-order chi connectivity index (χ1) is 7.79. The van der Waals surface area contributed by atoms with Gasteiger partial charge in [-0.1, -0.05) is 5.21 Å². The molecule has 0 unspecified atom stereocenters. The van der Waals surface area contributed by atoms with E-state index in [2.05, 4.69) is 30.9 Å². The van der Waals surface area contributed by atoms with Crippen LogP contribution in [0.3, 0.4) is 0 Å². The van der Waals surface area contributed by atoms with E-state index in [0.29, 0.717) is 23.9 Å². The molecule has 0 spiro atoms. The highest BCUT2D eigenvalue weighted by Gasteiger charge is 2.03. The number of nitrogens with one attached hydrogen (secondary N) is 2. The number of nitrogens with two attached hydrogens (primary N) is 1. The number of nitrogens with zero attached hydrogens (tertiary/aromatic N) is 5. The van der Waals surface area contributed by atoms with Crippen molar-refractivity contribution in [1.82, 2.24) is 25.6 Å². The first kappa shape index (κ1) is 9.85. The van der Waals surface area contributed by atoms with Crippen molar-refractivity contribution in [2.75, 3.05) is 11.1 Å². The van der Waals surface area contributed by atoms with Gasteiger partial charge in [0.15, 0.2) is 11.5 Å². The summed E-state index contributed by atoms with van der Waals surface area (Å²) in [7, 11) is 0. The number of H-pyrrole nitrogens is 1. The molecule has 0 bridgehead atoms. The van der Waals surface area contributed by atoms with E-state index < -0.39 is 0 Å². The lowest BCUT2D eigenvalue weighted by Gasteiger charge is -2.03. The van der Waals surface area contributed by atoms with Gasteiger partial charge >= 0.3 is 0 Å². The molecule has 2 heterocycles. The molecule has 0 aliphatic heterocycles. The zero-order valence-corrected chi connectivity index (χ0v) is 8.18. The van der Waals surface area contributed by atoms with Crippen molar-refractivity contribution in [3.05, 3.63) is 23.7 Å². The Hall–Kier alpha value is -2.69. The molecule has 0 saturated heterocycles. The summed E-state index contributed by atoms with van der Waals surface area (Å²) < 4.78 is 0. The molecule has 16 heavy (non-hydrogen) atoms. The van der Waals surface area contributed by atoms with Crippen LogP contribution in [0.5, 0.6) is 0 Å². The second-order valence-corrected chi connectivity index (χ2v) is 2.93. The maximum Gasteiger partial charge on any atom is 0.193 e. The fourth-order valence-corrected chi connectivity index (χ4v) is 1.08. The highest BCUT2D eigenvalue weighted by atomic mass is 15.5. The van der Waals surface area contributed by atoms with Crippen molar-refractivity contribution in [2.45, 2.75) is 6.54 Å². The van der Waals surface area contributed by atoms with Gasteiger partial charge < -0.3 is 11.1 Å². The third-order valence-corrected chi connectivity index (χ3v) is 1.85. The minimum absolute atomic E-state index is 0.193. The fraction of sp³-hybridized carbons (Fsp3) is 0.125. The molecule has 2 rings (SSSR count). The first-order valence-electron chi connectivity index (χ1n) is 4.42. The number of anilines is 2. The van der Waals surface area contributed by atoms with Crippen LogP contribution >= 0.6 is 0 Å². The third-order valence-electron chi connectivity index (χ3n) is 1.85. The molecule has 8 nitrogen and oxygen atoms in total. The molecule has 0 radical (unpaired) electrons. The van der Waals surface area contributed by atoms with Crippen molar-refractivity contribution in [2.24, 2.45) is 0 Å². The lowest BCUT2D eigenvalue weighted by Crippen LogP contribution is -2.05. The molecular formula is C8H8N8. The largest absolute Gasteiger partial charge is 0.396 e. The molecule has 0 aromatic carbocycles. The predicted octanol–water partition coefficient (Wildman–Crippen LogP) is -0.339. The summed E-state index contributed by atoms with van der Waals surface area (Å²) in [5.41, 5.74) is 6.09. The van der Waals surface area contributed by atoms with Gasteiger partial charge in [0.25, 0.3) is 0 Å². The molecule has 0 amide bonds. The van der Waals surface area contributed by atoms with E-state index in [1.54, 1.807) is 12.1 Å². The summed E-state index contributed by atoms with van der Waals surface area (Å²) in [5, 5.41) is 25.0. The molecule has 2 aromatic rings. The second kappa shape index (κ2) is 4.22. The zero-order valence-electron chi connectivity index (χ0n) is 8.18. The summed E-state index contributed by atoms with van der Waals surface area (Å²) >= 11 is 0. The molecular weight excluding hydrogens is 208 g/mol. The SMILES string of the molecule is N#Cc1nc(NCc2nn[nH]n2)ccc1N. The lowest BCUT2D eigenvalue weighted by molar-refractivity contribution is 0.881. The standard InChI is InChI=1S/C8H8N8/c9-3-6-5(10)1-2-7(12-6)11-4-8-13-15-16-14-8/h1-2H,4,10H2,(H,11,12)(H,13,14,15,16). The number of nitriles is 1. The molecule has 80 valence electrons. The van der Waals surface area contributed by atoms with Crippen molar-refractivity contribution in [1.29, 1.82) is 5.26 Å². The van der Waals surface area contributed by atoms with E-state index in [1.165, 1.54) is 0 Å². The van der Waals surface area contributed by atoms with E-state index in [4.69, 9.17) is 11.0 Å². The Labute approximate surface area is 90.5 Å². The van der Waals surface area contributed by atoms with Crippen LogP contribution in [0.25, 0.3) is 0 Å². The first-order valence-corrected chi connectivity index (χ1v) is 4.42. The second-order valence-electron chi connectivity index (χ2n) is 2.93. The average Bonchev–Trinajstić information content (AvgIpc) is 2.81. The highest BCUT2D eigenvalue weighted by Crippen LogP contribution is 2.12. The Morgan fingerprint density at radius 1 is 1.50 bits per heavy atom. The quantitative estimate of drug-likeness (QED) is 0.639. The Kier molecular flexibility index (Phi) is 2.60. The number of nitrogen functional groups attached to an aromatic ring is 1. The zero-order chi connectivity index (χ0) is 11.4. The van der Waals surface area contributed by atoms with Crippen molar-refractivity contribution < 1.29 is 0 Å². The van der Waals surface area contributed by atoms with Gasteiger partial charge in [-0.05, 0) is 12.1 Å². The number of aromatic nitrogens is 5. The van der Waals surface area contributed by atoms with Crippen molar-refractivity contribution in [3.63, 3.8) is 0 Å². The van der Waals surface area contributed by atoms with Crippen molar-refractivity contribution >= 4 is 11.5 Å². The molecule has 4 N–H and O–H groups in total. The maximum absolute atomic E-state index is 8.74. The minimum atomic E-state index is 0.193. The molecule has 0 atom stereocenters. The summed E-state index contributed by atoms with van der Waals surface area (Å²) in [6, 6.07) is 5.19. The van der Waals surface area contributed by atoms with Crippen LogP contribution in [-0.4, -0.2) is 25.6 Å². The minimum Gasteiger partial charge on any atom is -0.396 e. The van der Waals surface area contributed by atoms with E-state index >= 15 is 0 Å². The Bertz CT molecular complexity index is 511. The van der Waals surface area contributed by atoms with Crippen molar-refractivity contribution in [3.8, 4) is 6.07 Å². The van der Waals surface area contributed by atoms with Crippen LogP contribution in [0.1, 0.15) is 11.5 Å². The number of hydrogen-bond acceptors (Lipinski definition) is 7.